The molecule has 110 valence electrons. The number of rotatable bonds is 5. The first-order valence-electron chi connectivity index (χ1n) is 8.12. The standard InChI is InChI=1S/C17H27N3/c1-3-20(4-2)16-9-11-19(13-16)12-15-7-5-6-14-8-10-18-17(14)15/h5-7,16,18H,3-4,8-13H2,1-2H3. The predicted octanol–water partition coefficient (Wildman–Crippen LogP) is 2.57. The van der Waals surface area contributed by atoms with Crippen LogP contribution in [0.15, 0.2) is 18.2 Å². The van der Waals surface area contributed by atoms with E-state index in [9.17, 15) is 0 Å². The number of likely N-dealkylation sites (N-methyl/N-ethyl adjacent to an activating group) is 1. The van der Waals surface area contributed by atoms with Gasteiger partial charge in [-0.15, -0.1) is 0 Å². The summed E-state index contributed by atoms with van der Waals surface area (Å²) in [6.45, 7) is 11.6. The molecule has 1 fully saturated rings. The van der Waals surface area contributed by atoms with Crippen molar-refractivity contribution in [3.63, 3.8) is 0 Å². The van der Waals surface area contributed by atoms with Gasteiger partial charge in [-0.3, -0.25) is 9.80 Å². The average molecular weight is 273 g/mol. The highest BCUT2D eigenvalue weighted by atomic mass is 15.2. The van der Waals surface area contributed by atoms with Crippen molar-refractivity contribution < 1.29 is 0 Å². The minimum atomic E-state index is 0.759. The fourth-order valence-electron chi connectivity index (χ4n) is 3.78. The summed E-state index contributed by atoms with van der Waals surface area (Å²) in [4.78, 5) is 5.23. The van der Waals surface area contributed by atoms with Crippen LogP contribution in [0, 0.1) is 0 Å². The Morgan fingerprint density at radius 3 is 2.95 bits per heavy atom. The zero-order chi connectivity index (χ0) is 13.9. The monoisotopic (exact) mass is 273 g/mol. The van der Waals surface area contributed by atoms with Crippen molar-refractivity contribution in [3.8, 4) is 0 Å². The minimum Gasteiger partial charge on any atom is -0.384 e. The number of anilines is 1. The summed E-state index contributed by atoms with van der Waals surface area (Å²) in [5.74, 6) is 0. The molecule has 0 aromatic heterocycles. The number of hydrogen-bond acceptors (Lipinski definition) is 3. The van der Waals surface area contributed by atoms with E-state index in [-0.39, 0.29) is 0 Å². The summed E-state index contributed by atoms with van der Waals surface area (Å²) in [7, 11) is 0. The molecule has 3 nitrogen and oxygen atoms in total. The zero-order valence-electron chi connectivity index (χ0n) is 12.9. The lowest BCUT2D eigenvalue weighted by Crippen LogP contribution is -2.37. The summed E-state index contributed by atoms with van der Waals surface area (Å²) in [6.07, 6.45) is 2.51. The summed E-state index contributed by atoms with van der Waals surface area (Å²) in [5, 5.41) is 3.56. The maximum atomic E-state index is 3.56. The number of likely N-dealkylation sites (tertiary alicyclic amines) is 1. The van der Waals surface area contributed by atoms with Crippen LogP contribution in [0.2, 0.25) is 0 Å². The van der Waals surface area contributed by atoms with Gasteiger partial charge in [0, 0.05) is 37.9 Å². The molecule has 20 heavy (non-hydrogen) atoms. The second-order valence-electron chi connectivity index (χ2n) is 6.03. The molecule has 0 spiro atoms. The Morgan fingerprint density at radius 1 is 1.30 bits per heavy atom. The van der Waals surface area contributed by atoms with Gasteiger partial charge < -0.3 is 5.32 Å². The molecule has 1 N–H and O–H groups in total. The first kappa shape index (κ1) is 13.9. The number of hydrogen-bond donors (Lipinski definition) is 1. The van der Waals surface area contributed by atoms with E-state index in [4.69, 9.17) is 0 Å². The second kappa shape index (κ2) is 6.15. The highest BCUT2D eigenvalue weighted by Crippen LogP contribution is 2.28. The molecule has 0 radical (unpaired) electrons. The van der Waals surface area contributed by atoms with Crippen molar-refractivity contribution in [2.75, 3.05) is 38.0 Å². The first-order chi connectivity index (χ1) is 9.81. The van der Waals surface area contributed by atoms with Crippen LogP contribution in [0.5, 0.6) is 0 Å². The molecule has 1 atom stereocenters. The Kier molecular flexibility index (Phi) is 4.27. The Bertz CT molecular complexity index is 454. The Hall–Kier alpha value is -1.06. The maximum Gasteiger partial charge on any atom is 0.0419 e. The van der Waals surface area contributed by atoms with Crippen LogP contribution in [0.1, 0.15) is 31.4 Å². The number of nitrogens with zero attached hydrogens (tertiary/aromatic N) is 2. The summed E-state index contributed by atoms with van der Waals surface area (Å²) < 4.78 is 0. The van der Waals surface area contributed by atoms with Crippen molar-refractivity contribution >= 4 is 5.69 Å². The molecule has 2 heterocycles. The Morgan fingerprint density at radius 2 is 2.15 bits per heavy atom. The summed E-state index contributed by atoms with van der Waals surface area (Å²) >= 11 is 0. The van der Waals surface area contributed by atoms with Crippen molar-refractivity contribution in [1.29, 1.82) is 0 Å². The number of fused-ring (bicyclic) bond motifs is 1. The number of para-hydroxylation sites is 1. The van der Waals surface area contributed by atoms with E-state index in [1.807, 2.05) is 0 Å². The van der Waals surface area contributed by atoms with Gasteiger partial charge in [0.1, 0.15) is 0 Å². The highest BCUT2D eigenvalue weighted by molar-refractivity contribution is 5.61. The fourth-order valence-corrected chi connectivity index (χ4v) is 3.78. The molecule has 0 aliphatic carbocycles. The van der Waals surface area contributed by atoms with E-state index in [0.29, 0.717) is 0 Å². The molecule has 1 saturated heterocycles. The van der Waals surface area contributed by atoms with E-state index < -0.39 is 0 Å². The molecule has 3 rings (SSSR count). The SMILES string of the molecule is CCN(CC)C1CCN(Cc2cccc3c2NCC3)C1. The summed E-state index contributed by atoms with van der Waals surface area (Å²) in [5.41, 5.74) is 4.40. The lowest BCUT2D eigenvalue weighted by atomic mass is 10.1. The largest absolute Gasteiger partial charge is 0.384 e. The zero-order valence-corrected chi connectivity index (χ0v) is 12.9. The molecule has 3 heteroatoms. The fraction of sp³-hybridized carbons (Fsp3) is 0.647. The normalized spacial score (nSPS) is 22.2. The van der Waals surface area contributed by atoms with Crippen molar-refractivity contribution in [2.24, 2.45) is 0 Å². The van der Waals surface area contributed by atoms with Crippen LogP contribution >= 0.6 is 0 Å². The molecule has 2 aliphatic rings. The molecule has 0 bridgehead atoms. The van der Waals surface area contributed by atoms with E-state index in [1.165, 1.54) is 55.8 Å². The van der Waals surface area contributed by atoms with Crippen molar-refractivity contribution in [1.82, 2.24) is 9.80 Å². The van der Waals surface area contributed by atoms with Gasteiger partial charge in [0.15, 0.2) is 0 Å². The average Bonchev–Trinajstić information content (AvgIpc) is 3.10. The van der Waals surface area contributed by atoms with Crippen LogP contribution in [-0.2, 0) is 13.0 Å². The molecule has 0 amide bonds. The Labute approximate surface area is 123 Å². The molecule has 2 aliphatic heterocycles. The van der Waals surface area contributed by atoms with Crippen LogP contribution in [0.3, 0.4) is 0 Å². The van der Waals surface area contributed by atoms with Gasteiger partial charge in [0.2, 0.25) is 0 Å². The van der Waals surface area contributed by atoms with E-state index in [0.717, 1.165) is 19.1 Å². The van der Waals surface area contributed by atoms with Crippen LogP contribution < -0.4 is 5.32 Å². The highest BCUT2D eigenvalue weighted by Gasteiger charge is 2.26. The van der Waals surface area contributed by atoms with Gasteiger partial charge in [-0.1, -0.05) is 32.0 Å². The summed E-state index contributed by atoms with van der Waals surface area (Å²) in [6, 6.07) is 7.54. The van der Waals surface area contributed by atoms with Gasteiger partial charge in [-0.2, -0.15) is 0 Å². The van der Waals surface area contributed by atoms with Gasteiger partial charge in [-0.05, 0) is 37.1 Å². The molecular weight excluding hydrogens is 246 g/mol. The van der Waals surface area contributed by atoms with E-state index >= 15 is 0 Å². The first-order valence-corrected chi connectivity index (χ1v) is 8.12. The van der Waals surface area contributed by atoms with Gasteiger partial charge >= 0.3 is 0 Å². The smallest absolute Gasteiger partial charge is 0.0419 e. The molecule has 0 saturated carbocycles. The quantitative estimate of drug-likeness (QED) is 0.889. The lowest BCUT2D eigenvalue weighted by molar-refractivity contribution is 0.209. The second-order valence-corrected chi connectivity index (χ2v) is 6.03. The minimum absolute atomic E-state index is 0.759. The molecular formula is C17H27N3. The number of benzene rings is 1. The van der Waals surface area contributed by atoms with Crippen LogP contribution in [0.25, 0.3) is 0 Å². The molecule has 1 aromatic rings. The topological polar surface area (TPSA) is 18.5 Å². The third-order valence-electron chi connectivity index (χ3n) is 4.90. The third-order valence-corrected chi connectivity index (χ3v) is 4.90. The van der Waals surface area contributed by atoms with Crippen molar-refractivity contribution in [3.05, 3.63) is 29.3 Å². The van der Waals surface area contributed by atoms with E-state index in [2.05, 4.69) is 47.2 Å². The van der Waals surface area contributed by atoms with Crippen molar-refractivity contribution in [2.45, 2.75) is 39.3 Å². The van der Waals surface area contributed by atoms with E-state index in [1.54, 1.807) is 0 Å². The van der Waals surface area contributed by atoms with Gasteiger partial charge in [0.25, 0.3) is 0 Å². The Balaban J connectivity index is 1.64. The number of nitrogens with one attached hydrogen (secondary N) is 1. The maximum absolute atomic E-state index is 3.56. The predicted molar refractivity (Wildman–Crippen MR) is 85.2 cm³/mol. The van der Waals surface area contributed by atoms with Crippen LogP contribution in [0.4, 0.5) is 5.69 Å². The lowest BCUT2D eigenvalue weighted by Gasteiger charge is -2.26. The molecule has 1 unspecified atom stereocenters. The van der Waals surface area contributed by atoms with Gasteiger partial charge in [0.05, 0.1) is 0 Å². The van der Waals surface area contributed by atoms with Crippen LogP contribution in [-0.4, -0.2) is 48.6 Å². The van der Waals surface area contributed by atoms with Gasteiger partial charge in [-0.25, -0.2) is 0 Å². The molecule has 1 aromatic carbocycles. The third kappa shape index (κ3) is 2.70.